The van der Waals surface area contributed by atoms with Crippen LogP contribution in [0.15, 0.2) is 25.3 Å². The zero-order chi connectivity index (χ0) is 15.9. The van der Waals surface area contributed by atoms with Crippen LogP contribution < -0.4 is 0 Å². The van der Waals surface area contributed by atoms with Gasteiger partial charge < -0.3 is 19.7 Å². The minimum atomic E-state index is -0.418. The van der Waals surface area contributed by atoms with Crippen molar-refractivity contribution in [2.24, 2.45) is 0 Å². The largest absolute Gasteiger partial charge is 0.390 e. The molecule has 0 aliphatic carbocycles. The molecule has 4 heteroatoms. The highest BCUT2D eigenvalue weighted by Crippen LogP contribution is 2.34. The monoisotopic (exact) mass is 310 g/mol. The van der Waals surface area contributed by atoms with Crippen molar-refractivity contribution in [3.63, 3.8) is 0 Å². The molecule has 0 aromatic carbocycles. The number of ether oxygens (including phenoxy) is 2. The van der Waals surface area contributed by atoms with Crippen molar-refractivity contribution >= 4 is 0 Å². The molecule has 0 radical (unpaired) electrons. The average Bonchev–Trinajstić information content (AvgIpc) is 3.18. The van der Waals surface area contributed by atoms with E-state index in [0.717, 1.165) is 38.5 Å². The highest BCUT2D eigenvalue weighted by molar-refractivity contribution is 4.90. The molecule has 0 saturated carbocycles. The van der Waals surface area contributed by atoms with Gasteiger partial charge in [0.1, 0.15) is 0 Å². The highest BCUT2D eigenvalue weighted by Gasteiger charge is 2.40. The van der Waals surface area contributed by atoms with E-state index in [9.17, 15) is 10.2 Å². The quantitative estimate of drug-likeness (QED) is 0.643. The van der Waals surface area contributed by atoms with Gasteiger partial charge in [0.2, 0.25) is 0 Å². The molecular weight excluding hydrogens is 280 g/mol. The Morgan fingerprint density at radius 2 is 1.23 bits per heavy atom. The number of aliphatic hydroxyl groups is 2. The lowest BCUT2D eigenvalue weighted by atomic mass is 10.0. The first-order chi connectivity index (χ1) is 10.7. The molecule has 0 spiro atoms. The maximum absolute atomic E-state index is 10.1. The predicted molar refractivity (Wildman–Crippen MR) is 86.7 cm³/mol. The lowest BCUT2D eigenvalue weighted by Gasteiger charge is -2.24. The molecule has 126 valence electrons. The maximum Gasteiger partial charge on any atom is 0.0842 e. The van der Waals surface area contributed by atoms with Crippen molar-refractivity contribution < 1.29 is 19.7 Å². The first-order valence-electron chi connectivity index (χ1n) is 8.54. The molecule has 6 atom stereocenters. The number of aliphatic hydroxyl groups excluding tert-OH is 2. The minimum Gasteiger partial charge on any atom is -0.390 e. The normalized spacial score (nSPS) is 34.5. The summed E-state index contributed by atoms with van der Waals surface area (Å²) in [5.74, 6) is 0. The van der Waals surface area contributed by atoms with Gasteiger partial charge in [0.25, 0.3) is 0 Å². The number of rotatable bonds is 9. The van der Waals surface area contributed by atoms with Crippen LogP contribution in [-0.2, 0) is 9.47 Å². The van der Waals surface area contributed by atoms with Crippen LogP contribution in [0.4, 0.5) is 0 Å². The average molecular weight is 310 g/mol. The molecule has 2 saturated heterocycles. The Kier molecular flexibility index (Phi) is 7.09. The summed E-state index contributed by atoms with van der Waals surface area (Å²) >= 11 is 0. The summed E-state index contributed by atoms with van der Waals surface area (Å²) in [6, 6.07) is 0. The van der Waals surface area contributed by atoms with E-state index in [1.54, 1.807) is 0 Å². The van der Waals surface area contributed by atoms with Crippen molar-refractivity contribution in [2.75, 3.05) is 0 Å². The molecule has 0 unspecified atom stereocenters. The van der Waals surface area contributed by atoms with E-state index in [0.29, 0.717) is 12.8 Å². The van der Waals surface area contributed by atoms with Gasteiger partial charge in [0.05, 0.1) is 36.6 Å². The van der Waals surface area contributed by atoms with Gasteiger partial charge in [-0.1, -0.05) is 12.2 Å². The van der Waals surface area contributed by atoms with E-state index in [1.807, 2.05) is 12.2 Å². The van der Waals surface area contributed by atoms with Crippen molar-refractivity contribution in [1.29, 1.82) is 0 Å². The van der Waals surface area contributed by atoms with Gasteiger partial charge in [-0.05, 0) is 51.4 Å². The lowest BCUT2D eigenvalue weighted by Crippen LogP contribution is -2.33. The van der Waals surface area contributed by atoms with Crippen LogP contribution in [0.2, 0.25) is 0 Å². The molecule has 0 aromatic rings. The molecular formula is C18H30O4. The second-order valence-corrected chi connectivity index (χ2v) is 6.45. The van der Waals surface area contributed by atoms with Gasteiger partial charge in [-0.25, -0.2) is 0 Å². The van der Waals surface area contributed by atoms with Crippen LogP contribution in [-0.4, -0.2) is 46.8 Å². The molecule has 4 nitrogen and oxygen atoms in total. The van der Waals surface area contributed by atoms with Crippen LogP contribution in [0.3, 0.4) is 0 Å². The summed E-state index contributed by atoms with van der Waals surface area (Å²) in [5, 5.41) is 20.2. The predicted octanol–water partition coefficient (Wildman–Crippen LogP) is 2.74. The third kappa shape index (κ3) is 4.66. The number of allylic oxidation sites excluding steroid dienone is 2. The smallest absolute Gasteiger partial charge is 0.0842 e. The second-order valence-electron chi connectivity index (χ2n) is 6.45. The van der Waals surface area contributed by atoms with E-state index in [-0.39, 0.29) is 24.4 Å². The Morgan fingerprint density at radius 3 is 1.59 bits per heavy atom. The molecule has 2 fully saturated rings. The van der Waals surface area contributed by atoms with E-state index < -0.39 is 12.2 Å². The third-order valence-electron chi connectivity index (χ3n) is 4.78. The maximum atomic E-state index is 10.1. The summed E-state index contributed by atoms with van der Waals surface area (Å²) in [4.78, 5) is 0. The topological polar surface area (TPSA) is 58.9 Å². The molecule has 22 heavy (non-hydrogen) atoms. The first kappa shape index (κ1) is 17.7. The fourth-order valence-electron chi connectivity index (χ4n) is 3.44. The van der Waals surface area contributed by atoms with Crippen molar-refractivity contribution in [2.45, 2.75) is 88.0 Å². The summed E-state index contributed by atoms with van der Waals surface area (Å²) in [5.41, 5.74) is 0. The summed E-state index contributed by atoms with van der Waals surface area (Å²) in [7, 11) is 0. The fourth-order valence-corrected chi connectivity index (χ4v) is 3.44. The minimum absolute atomic E-state index is 0.0555. The standard InChI is InChI=1S/C18H30O4/c1-3-5-7-13(19)15-9-11-17(21-15)18-12-10-16(22-18)14(20)8-6-4-2/h3-4,13-20H,1-2,5-12H2/t13-,14-,15-,16-,17-,18-/m0/s1. The fraction of sp³-hybridized carbons (Fsp3) is 0.778. The van der Waals surface area contributed by atoms with Crippen molar-refractivity contribution in [3.8, 4) is 0 Å². The summed E-state index contributed by atoms with van der Waals surface area (Å²) < 4.78 is 12.0. The molecule has 2 N–H and O–H groups in total. The van der Waals surface area contributed by atoms with Gasteiger partial charge in [0, 0.05) is 0 Å². The second kappa shape index (κ2) is 8.82. The number of hydrogen-bond acceptors (Lipinski definition) is 4. The zero-order valence-electron chi connectivity index (χ0n) is 13.4. The van der Waals surface area contributed by atoms with E-state index >= 15 is 0 Å². The van der Waals surface area contributed by atoms with Crippen molar-refractivity contribution in [3.05, 3.63) is 25.3 Å². The SMILES string of the molecule is C=CCC[C@H](O)[C@@H]1CC[C@@H]([C@@H]2CC[C@@H]([C@@H](O)CCC=C)O2)O1. The van der Waals surface area contributed by atoms with Crippen LogP contribution in [0.1, 0.15) is 51.4 Å². The van der Waals surface area contributed by atoms with Gasteiger partial charge in [-0.15, -0.1) is 13.2 Å². The molecule has 0 amide bonds. The molecule has 2 heterocycles. The molecule has 2 aliphatic rings. The van der Waals surface area contributed by atoms with Gasteiger partial charge in [0.15, 0.2) is 0 Å². The molecule has 0 aromatic heterocycles. The zero-order valence-corrected chi connectivity index (χ0v) is 13.4. The van der Waals surface area contributed by atoms with Gasteiger partial charge in [-0.3, -0.25) is 0 Å². The Bertz CT molecular complexity index is 323. The molecule has 2 rings (SSSR count). The van der Waals surface area contributed by atoms with E-state index in [1.165, 1.54) is 0 Å². The Balaban J connectivity index is 1.75. The van der Waals surface area contributed by atoms with Gasteiger partial charge >= 0.3 is 0 Å². The lowest BCUT2D eigenvalue weighted by molar-refractivity contribution is -0.109. The van der Waals surface area contributed by atoms with Crippen LogP contribution >= 0.6 is 0 Å². The Hall–Kier alpha value is -0.680. The highest BCUT2D eigenvalue weighted by atomic mass is 16.6. The number of hydrogen-bond donors (Lipinski definition) is 2. The van der Waals surface area contributed by atoms with Gasteiger partial charge in [-0.2, -0.15) is 0 Å². The van der Waals surface area contributed by atoms with Crippen molar-refractivity contribution in [1.82, 2.24) is 0 Å². The third-order valence-corrected chi connectivity index (χ3v) is 4.78. The Labute approximate surface area is 133 Å². The van der Waals surface area contributed by atoms with Crippen LogP contribution in [0.25, 0.3) is 0 Å². The summed E-state index contributed by atoms with van der Waals surface area (Å²) in [6.07, 6.45) is 9.39. The van der Waals surface area contributed by atoms with E-state index in [4.69, 9.17) is 9.47 Å². The molecule has 2 aliphatic heterocycles. The van der Waals surface area contributed by atoms with Crippen LogP contribution in [0, 0.1) is 0 Å². The summed E-state index contributed by atoms with van der Waals surface area (Å²) in [6.45, 7) is 7.36. The first-order valence-corrected chi connectivity index (χ1v) is 8.54. The Morgan fingerprint density at radius 1 is 0.818 bits per heavy atom. The molecule has 0 bridgehead atoms. The van der Waals surface area contributed by atoms with Crippen LogP contribution in [0.5, 0.6) is 0 Å². The van der Waals surface area contributed by atoms with E-state index in [2.05, 4.69) is 13.2 Å².